The number of nitrogens with one attached hydrogen (secondary N) is 2. The minimum absolute atomic E-state index is 0.468. The van der Waals surface area contributed by atoms with Gasteiger partial charge in [-0.3, -0.25) is 0 Å². The van der Waals surface area contributed by atoms with Crippen molar-refractivity contribution in [3.63, 3.8) is 0 Å². The number of benzene rings is 1. The Morgan fingerprint density at radius 1 is 1.24 bits per heavy atom. The molecule has 6 nitrogen and oxygen atoms in total. The largest absolute Gasteiger partial charge is 0.480 e. The lowest BCUT2D eigenvalue weighted by Gasteiger charge is -2.22. The number of carboxylic acid groups (broad SMARTS) is 1. The van der Waals surface area contributed by atoms with Gasteiger partial charge in [0.05, 0.1) is 0 Å². The molecule has 1 aromatic rings. The topological polar surface area (TPSA) is 81.7 Å². The number of carbonyl (C=O) groups is 2. The van der Waals surface area contributed by atoms with Gasteiger partial charge >= 0.3 is 12.0 Å². The normalized spacial score (nSPS) is 10.8. The van der Waals surface area contributed by atoms with Gasteiger partial charge in [0.2, 0.25) is 0 Å². The van der Waals surface area contributed by atoms with Gasteiger partial charge in [-0.2, -0.15) is 0 Å². The number of hydrogen-bond acceptors (Lipinski definition) is 3. The maximum atomic E-state index is 11.6. The Hall–Kier alpha value is -2.24. The molecule has 0 saturated heterocycles. The van der Waals surface area contributed by atoms with E-state index in [2.05, 4.69) is 15.5 Å². The van der Waals surface area contributed by atoms with E-state index in [1.807, 2.05) is 37.4 Å². The maximum Gasteiger partial charge on any atom is 0.328 e. The van der Waals surface area contributed by atoms with Crippen molar-refractivity contribution >= 4 is 17.7 Å². The molecule has 0 aromatic heterocycles. The van der Waals surface area contributed by atoms with Crippen molar-refractivity contribution in [1.29, 1.82) is 0 Å². The van der Waals surface area contributed by atoms with Gasteiger partial charge in [-0.1, -0.05) is 18.2 Å². The SMILES string of the molecule is CN(CCCNC(=O)NC(C)(C)C(=O)O)c1ccccc1. The van der Waals surface area contributed by atoms with Gasteiger partial charge in [-0.15, -0.1) is 0 Å². The van der Waals surface area contributed by atoms with Crippen molar-refractivity contribution in [2.75, 3.05) is 25.0 Å². The highest BCUT2D eigenvalue weighted by Gasteiger charge is 2.28. The monoisotopic (exact) mass is 293 g/mol. The van der Waals surface area contributed by atoms with Crippen LogP contribution in [0.1, 0.15) is 20.3 Å². The number of aliphatic carboxylic acids is 1. The van der Waals surface area contributed by atoms with E-state index in [4.69, 9.17) is 5.11 Å². The zero-order valence-electron chi connectivity index (χ0n) is 12.7. The molecule has 1 rings (SSSR count). The average Bonchev–Trinajstić information content (AvgIpc) is 2.43. The van der Waals surface area contributed by atoms with Crippen LogP contribution in [0.4, 0.5) is 10.5 Å². The van der Waals surface area contributed by atoms with Crippen LogP contribution in [0.25, 0.3) is 0 Å². The van der Waals surface area contributed by atoms with Crippen LogP contribution in [0.3, 0.4) is 0 Å². The molecule has 0 unspecified atom stereocenters. The number of amides is 2. The zero-order valence-corrected chi connectivity index (χ0v) is 12.7. The lowest BCUT2D eigenvalue weighted by Crippen LogP contribution is -2.53. The van der Waals surface area contributed by atoms with Gasteiger partial charge in [-0.25, -0.2) is 9.59 Å². The van der Waals surface area contributed by atoms with Crippen LogP contribution in [0.2, 0.25) is 0 Å². The third kappa shape index (κ3) is 5.72. The average molecular weight is 293 g/mol. The number of hydrogen-bond donors (Lipinski definition) is 3. The van der Waals surface area contributed by atoms with Gasteiger partial charge in [0.15, 0.2) is 0 Å². The number of urea groups is 1. The van der Waals surface area contributed by atoms with Crippen LogP contribution in [0, 0.1) is 0 Å². The van der Waals surface area contributed by atoms with E-state index in [0.29, 0.717) is 6.54 Å². The number of carbonyl (C=O) groups excluding carboxylic acids is 1. The van der Waals surface area contributed by atoms with Gasteiger partial charge < -0.3 is 20.6 Å². The molecule has 0 atom stereocenters. The molecule has 0 aliphatic rings. The summed E-state index contributed by atoms with van der Waals surface area (Å²) < 4.78 is 0. The Labute approximate surface area is 125 Å². The molecule has 0 heterocycles. The summed E-state index contributed by atoms with van der Waals surface area (Å²) in [6.07, 6.45) is 0.770. The number of nitrogens with zero attached hydrogens (tertiary/aromatic N) is 1. The lowest BCUT2D eigenvalue weighted by atomic mass is 10.1. The van der Waals surface area contributed by atoms with Crippen LogP contribution in [0.15, 0.2) is 30.3 Å². The first kappa shape index (κ1) is 16.8. The van der Waals surface area contributed by atoms with Crippen molar-refractivity contribution < 1.29 is 14.7 Å². The van der Waals surface area contributed by atoms with Crippen LogP contribution >= 0.6 is 0 Å². The highest BCUT2D eigenvalue weighted by Crippen LogP contribution is 2.10. The molecule has 0 spiro atoms. The van der Waals surface area contributed by atoms with Crippen LogP contribution in [0.5, 0.6) is 0 Å². The molecule has 3 N–H and O–H groups in total. The first-order valence-corrected chi connectivity index (χ1v) is 6.88. The molecule has 116 valence electrons. The molecule has 0 bridgehead atoms. The second-order valence-corrected chi connectivity index (χ2v) is 5.42. The van der Waals surface area contributed by atoms with E-state index in [0.717, 1.165) is 18.7 Å². The first-order chi connectivity index (χ1) is 9.83. The van der Waals surface area contributed by atoms with Crippen LogP contribution < -0.4 is 15.5 Å². The van der Waals surface area contributed by atoms with E-state index < -0.39 is 17.5 Å². The Kier molecular flexibility index (Phi) is 6.02. The Morgan fingerprint density at radius 3 is 2.43 bits per heavy atom. The highest BCUT2D eigenvalue weighted by molar-refractivity contribution is 5.85. The second kappa shape index (κ2) is 7.52. The summed E-state index contributed by atoms with van der Waals surface area (Å²) in [5.74, 6) is -1.07. The second-order valence-electron chi connectivity index (χ2n) is 5.42. The summed E-state index contributed by atoms with van der Waals surface area (Å²) >= 11 is 0. The van der Waals surface area contributed by atoms with Gasteiger partial charge in [0.1, 0.15) is 5.54 Å². The molecule has 1 aromatic carbocycles. The van der Waals surface area contributed by atoms with Gasteiger partial charge in [0, 0.05) is 25.8 Å². The van der Waals surface area contributed by atoms with Gasteiger partial charge in [-0.05, 0) is 32.4 Å². The molecule has 0 fully saturated rings. The number of anilines is 1. The van der Waals surface area contributed by atoms with E-state index in [1.165, 1.54) is 13.8 Å². The summed E-state index contributed by atoms with van der Waals surface area (Å²) in [6.45, 7) is 4.17. The summed E-state index contributed by atoms with van der Waals surface area (Å²) in [4.78, 5) is 24.6. The molecule has 2 amide bonds. The minimum atomic E-state index is -1.27. The fourth-order valence-corrected chi connectivity index (χ4v) is 1.71. The first-order valence-electron chi connectivity index (χ1n) is 6.88. The summed E-state index contributed by atoms with van der Waals surface area (Å²) in [7, 11) is 1.99. The third-order valence-electron chi connectivity index (χ3n) is 3.11. The van der Waals surface area contributed by atoms with Crippen molar-refractivity contribution in [3.8, 4) is 0 Å². The standard InChI is InChI=1S/C15H23N3O3/c1-15(2,13(19)20)17-14(21)16-10-7-11-18(3)12-8-5-4-6-9-12/h4-6,8-9H,7,10-11H2,1-3H3,(H,19,20)(H2,16,17,21). The maximum absolute atomic E-state index is 11.6. The van der Waals surface area contributed by atoms with Crippen molar-refractivity contribution in [3.05, 3.63) is 30.3 Å². The molecular formula is C15H23N3O3. The molecule has 0 aliphatic carbocycles. The van der Waals surface area contributed by atoms with E-state index in [1.54, 1.807) is 0 Å². The minimum Gasteiger partial charge on any atom is -0.480 e. The zero-order chi connectivity index (χ0) is 15.9. The van der Waals surface area contributed by atoms with Crippen LogP contribution in [-0.2, 0) is 4.79 Å². The lowest BCUT2D eigenvalue weighted by molar-refractivity contribution is -0.142. The van der Waals surface area contributed by atoms with Crippen molar-refractivity contribution in [2.24, 2.45) is 0 Å². The predicted octanol–water partition coefficient (Wildman–Crippen LogP) is 1.68. The molecule has 6 heteroatoms. The molecule has 0 saturated carbocycles. The van der Waals surface area contributed by atoms with E-state index >= 15 is 0 Å². The third-order valence-corrected chi connectivity index (χ3v) is 3.11. The Balaban J connectivity index is 2.25. The highest BCUT2D eigenvalue weighted by atomic mass is 16.4. The molecular weight excluding hydrogens is 270 g/mol. The van der Waals surface area contributed by atoms with Crippen LogP contribution in [-0.4, -0.2) is 42.8 Å². The smallest absolute Gasteiger partial charge is 0.328 e. The number of para-hydroxylation sites is 1. The predicted molar refractivity (Wildman–Crippen MR) is 82.6 cm³/mol. The Morgan fingerprint density at radius 2 is 1.86 bits per heavy atom. The fraction of sp³-hybridized carbons (Fsp3) is 0.467. The van der Waals surface area contributed by atoms with E-state index in [-0.39, 0.29) is 0 Å². The molecule has 0 aliphatic heterocycles. The molecule has 0 radical (unpaired) electrons. The molecule has 21 heavy (non-hydrogen) atoms. The van der Waals surface area contributed by atoms with E-state index in [9.17, 15) is 9.59 Å². The summed E-state index contributed by atoms with van der Waals surface area (Å²) in [5.41, 5.74) is -0.153. The van der Waals surface area contributed by atoms with Crippen molar-refractivity contribution in [1.82, 2.24) is 10.6 Å². The number of carboxylic acids is 1. The van der Waals surface area contributed by atoms with Gasteiger partial charge in [0.25, 0.3) is 0 Å². The summed E-state index contributed by atoms with van der Waals surface area (Å²) in [5, 5.41) is 14.0. The quantitative estimate of drug-likeness (QED) is 0.668. The summed E-state index contributed by atoms with van der Waals surface area (Å²) in [6, 6.07) is 9.50. The fourth-order valence-electron chi connectivity index (χ4n) is 1.71. The Bertz CT molecular complexity index is 474. The number of rotatable bonds is 7. The van der Waals surface area contributed by atoms with Crippen molar-refractivity contribution in [2.45, 2.75) is 25.8 Å².